The van der Waals surface area contributed by atoms with E-state index < -0.39 is 6.04 Å². The second-order valence-electron chi connectivity index (χ2n) is 8.46. The van der Waals surface area contributed by atoms with Crippen molar-refractivity contribution in [2.24, 2.45) is 0 Å². The van der Waals surface area contributed by atoms with Crippen LogP contribution >= 0.6 is 0 Å². The molecular weight excluding hydrogens is 456 g/mol. The zero-order valence-electron chi connectivity index (χ0n) is 20.2. The van der Waals surface area contributed by atoms with Crippen molar-refractivity contribution in [3.63, 3.8) is 0 Å². The van der Waals surface area contributed by atoms with Crippen molar-refractivity contribution in [2.75, 3.05) is 12.0 Å². The Morgan fingerprint density at radius 2 is 1.83 bits per heavy atom. The van der Waals surface area contributed by atoms with Crippen LogP contribution in [0.5, 0.6) is 11.5 Å². The van der Waals surface area contributed by atoms with Gasteiger partial charge in [0, 0.05) is 11.3 Å². The maximum atomic E-state index is 13.3. The number of aryl methyl sites for hydroxylation is 1. The largest absolute Gasteiger partial charge is 0.504 e. The summed E-state index contributed by atoms with van der Waals surface area (Å²) < 4.78 is 10.9. The summed E-state index contributed by atoms with van der Waals surface area (Å²) in [7, 11) is 1.48. The van der Waals surface area contributed by atoms with E-state index in [4.69, 9.17) is 14.2 Å². The van der Waals surface area contributed by atoms with Gasteiger partial charge in [-0.15, -0.1) is 0 Å². The Hall–Kier alpha value is -4.59. The van der Waals surface area contributed by atoms with Gasteiger partial charge in [0.05, 0.1) is 24.4 Å². The average molecular weight is 483 g/mol. The summed E-state index contributed by atoms with van der Waals surface area (Å²) in [5.41, 5.74) is 4.67. The molecule has 182 valence electrons. The molecule has 2 amide bonds. The van der Waals surface area contributed by atoms with Gasteiger partial charge < -0.3 is 19.7 Å². The highest BCUT2D eigenvalue weighted by molar-refractivity contribution is 6.01. The van der Waals surface area contributed by atoms with E-state index in [0.717, 1.165) is 12.0 Å². The Kier molecular flexibility index (Phi) is 6.16. The number of anilines is 1. The number of aromatic nitrogens is 2. The van der Waals surface area contributed by atoms with Crippen LogP contribution in [-0.4, -0.2) is 28.4 Å². The molecule has 5 rings (SSSR count). The van der Waals surface area contributed by atoms with Gasteiger partial charge in [-0.3, -0.25) is 4.90 Å². The predicted molar refractivity (Wildman–Crippen MR) is 137 cm³/mol. The standard InChI is InChI=1S/C28H26N4O4/c1-4-18-10-12-19(13-11-18)26-30-27(36-31-26)24-17(2)32(21-8-6-5-7-9-21)28(34)29-25(24)20-14-15-23(35-3)22(33)16-20/h5-16,25,33H,4H2,1-3H3,(H,29,34). The Labute approximate surface area is 208 Å². The third-order valence-electron chi connectivity index (χ3n) is 6.31. The smallest absolute Gasteiger partial charge is 0.326 e. The molecule has 0 saturated carbocycles. The van der Waals surface area contributed by atoms with Crippen LogP contribution in [0.25, 0.3) is 17.0 Å². The van der Waals surface area contributed by atoms with E-state index >= 15 is 0 Å². The van der Waals surface area contributed by atoms with Crippen molar-refractivity contribution in [3.8, 4) is 22.9 Å². The molecule has 0 aliphatic carbocycles. The first-order chi connectivity index (χ1) is 17.5. The van der Waals surface area contributed by atoms with Crippen LogP contribution in [0, 0.1) is 0 Å². The van der Waals surface area contributed by atoms with Crippen molar-refractivity contribution in [2.45, 2.75) is 26.3 Å². The number of hydrogen-bond donors (Lipinski definition) is 2. The first-order valence-electron chi connectivity index (χ1n) is 11.7. The van der Waals surface area contributed by atoms with Crippen LogP contribution in [0.4, 0.5) is 10.5 Å². The number of phenols is 1. The van der Waals surface area contributed by atoms with Gasteiger partial charge in [0.15, 0.2) is 11.5 Å². The molecule has 0 fully saturated rings. The molecule has 1 aliphatic rings. The maximum absolute atomic E-state index is 13.3. The first kappa shape index (κ1) is 23.2. The molecular formula is C28H26N4O4. The number of carbonyl (C=O) groups excluding carboxylic acids is 1. The number of nitrogens with one attached hydrogen (secondary N) is 1. The molecule has 3 aromatic carbocycles. The molecule has 8 heteroatoms. The number of benzene rings is 3. The Morgan fingerprint density at radius 3 is 2.50 bits per heavy atom. The molecule has 0 spiro atoms. The quantitative estimate of drug-likeness (QED) is 0.365. The number of allylic oxidation sites excluding steroid dienone is 1. The van der Waals surface area contributed by atoms with Crippen molar-refractivity contribution < 1.29 is 19.2 Å². The summed E-state index contributed by atoms with van der Waals surface area (Å²) in [6.07, 6.45) is 0.940. The topological polar surface area (TPSA) is 101 Å². The van der Waals surface area contributed by atoms with Gasteiger partial charge in [-0.1, -0.05) is 60.6 Å². The van der Waals surface area contributed by atoms with Gasteiger partial charge in [-0.25, -0.2) is 4.79 Å². The van der Waals surface area contributed by atoms with E-state index in [-0.39, 0.29) is 17.7 Å². The number of carbonyl (C=O) groups is 1. The zero-order chi connectivity index (χ0) is 25.2. The number of rotatable bonds is 6. The van der Waals surface area contributed by atoms with Crippen LogP contribution < -0.4 is 15.0 Å². The number of nitrogens with zero attached hydrogens (tertiary/aromatic N) is 3. The monoisotopic (exact) mass is 482 g/mol. The lowest BCUT2D eigenvalue weighted by atomic mass is 9.94. The summed E-state index contributed by atoms with van der Waals surface area (Å²) >= 11 is 0. The third-order valence-corrected chi connectivity index (χ3v) is 6.31. The van der Waals surface area contributed by atoms with E-state index in [1.165, 1.54) is 12.7 Å². The second-order valence-corrected chi connectivity index (χ2v) is 8.46. The van der Waals surface area contributed by atoms with Gasteiger partial charge in [0.25, 0.3) is 5.89 Å². The number of ether oxygens (including phenoxy) is 1. The molecule has 0 saturated heterocycles. The SMILES string of the molecule is CCc1ccc(-c2noc(C3=C(C)N(c4ccccc4)C(=O)NC3c3ccc(OC)c(O)c3)n2)cc1. The van der Waals surface area contributed by atoms with Gasteiger partial charge in [0.2, 0.25) is 5.82 Å². The lowest BCUT2D eigenvalue weighted by Gasteiger charge is -2.35. The number of para-hydroxylation sites is 1. The van der Waals surface area contributed by atoms with Crippen LogP contribution in [0.3, 0.4) is 0 Å². The van der Waals surface area contributed by atoms with Crippen LogP contribution in [-0.2, 0) is 6.42 Å². The molecule has 1 atom stereocenters. The molecule has 8 nitrogen and oxygen atoms in total. The molecule has 1 aliphatic heterocycles. The Balaban J connectivity index is 1.63. The first-order valence-corrected chi connectivity index (χ1v) is 11.7. The van der Waals surface area contributed by atoms with E-state index in [9.17, 15) is 9.90 Å². The van der Waals surface area contributed by atoms with Gasteiger partial charge in [-0.2, -0.15) is 4.98 Å². The highest BCUT2D eigenvalue weighted by Gasteiger charge is 2.36. The van der Waals surface area contributed by atoms with E-state index in [1.54, 1.807) is 23.1 Å². The van der Waals surface area contributed by atoms with Crippen LogP contribution in [0.2, 0.25) is 0 Å². The molecule has 1 unspecified atom stereocenters. The lowest BCUT2D eigenvalue weighted by molar-refractivity contribution is 0.244. The fraction of sp³-hybridized carbons (Fsp3) is 0.179. The van der Waals surface area contributed by atoms with Crippen molar-refractivity contribution in [3.05, 3.63) is 95.5 Å². The van der Waals surface area contributed by atoms with E-state index in [1.807, 2.05) is 61.5 Å². The number of aromatic hydroxyl groups is 1. The molecule has 1 aromatic heterocycles. The lowest BCUT2D eigenvalue weighted by Crippen LogP contribution is -2.46. The summed E-state index contributed by atoms with van der Waals surface area (Å²) in [4.78, 5) is 19.6. The Bertz CT molecular complexity index is 1430. The number of phenolic OH excluding ortho intramolecular Hbond substituents is 1. The van der Waals surface area contributed by atoms with Crippen molar-refractivity contribution in [1.29, 1.82) is 0 Å². The predicted octanol–water partition coefficient (Wildman–Crippen LogP) is 5.72. The molecule has 4 aromatic rings. The zero-order valence-corrected chi connectivity index (χ0v) is 20.2. The molecule has 2 N–H and O–H groups in total. The minimum atomic E-state index is -0.634. The number of methoxy groups -OCH3 is 1. The minimum absolute atomic E-state index is 0.0334. The fourth-order valence-corrected chi connectivity index (χ4v) is 4.38. The van der Waals surface area contributed by atoms with Gasteiger partial charge in [-0.05, 0) is 48.7 Å². The van der Waals surface area contributed by atoms with Gasteiger partial charge in [0.1, 0.15) is 0 Å². The van der Waals surface area contributed by atoms with Crippen molar-refractivity contribution >= 4 is 17.3 Å². The minimum Gasteiger partial charge on any atom is -0.504 e. The number of amides is 2. The van der Waals surface area contributed by atoms with Gasteiger partial charge >= 0.3 is 6.03 Å². The molecule has 0 radical (unpaired) electrons. The Morgan fingerprint density at radius 1 is 1.08 bits per heavy atom. The van der Waals surface area contributed by atoms with E-state index in [2.05, 4.69) is 17.4 Å². The van der Waals surface area contributed by atoms with Crippen LogP contribution in [0.15, 0.2) is 83.0 Å². The van der Waals surface area contributed by atoms with Crippen molar-refractivity contribution in [1.82, 2.24) is 15.5 Å². The molecule has 0 bridgehead atoms. The normalized spacial score (nSPS) is 15.7. The number of urea groups is 1. The highest BCUT2D eigenvalue weighted by Crippen LogP contribution is 2.41. The summed E-state index contributed by atoms with van der Waals surface area (Å²) in [6.45, 7) is 3.95. The van der Waals surface area contributed by atoms with Crippen LogP contribution in [0.1, 0.15) is 36.9 Å². The van der Waals surface area contributed by atoms with E-state index in [0.29, 0.717) is 34.1 Å². The molecule has 36 heavy (non-hydrogen) atoms. The maximum Gasteiger partial charge on any atom is 0.326 e. The third kappa shape index (κ3) is 4.17. The second kappa shape index (κ2) is 9.58. The fourth-order valence-electron chi connectivity index (χ4n) is 4.38. The molecule has 2 heterocycles. The summed E-state index contributed by atoms with van der Waals surface area (Å²) in [6, 6.07) is 21.4. The average Bonchev–Trinajstić information content (AvgIpc) is 3.38. The summed E-state index contributed by atoms with van der Waals surface area (Å²) in [5, 5.41) is 17.7. The highest BCUT2D eigenvalue weighted by atomic mass is 16.5. The number of hydrogen-bond acceptors (Lipinski definition) is 6. The summed E-state index contributed by atoms with van der Waals surface area (Å²) in [5.74, 6) is 1.04.